The predicted octanol–water partition coefficient (Wildman–Crippen LogP) is 3.13. The van der Waals surface area contributed by atoms with Crippen LogP contribution < -0.4 is 10.3 Å². The van der Waals surface area contributed by atoms with Gasteiger partial charge in [0.1, 0.15) is 5.75 Å². The van der Waals surface area contributed by atoms with Gasteiger partial charge in [0.25, 0.3) is 0 Å². The molecule has 1 saturated heterocycles. The maximum absolute atomic E-state index is 14.0. The van der Waals surface area contributed by atoms with Crippen LogP contribution in [-0.4, -0.2) is 47.6 Å². The van der Waals surface area contributed by atoms with Crippen molar-refractivity contribution in [3.05, 3.63) is 38.7 Å². The van der Waals surface area contributed by atoms with Gasteiger partial charge in [0, 0.05) is 13.1 Å². The van der Waals surface area contributed by atoms with Crippen LogP contribution in [0.1, 0.15) is 5.56 Å². The molecule has 0 atom stereocenters. The number of phenols is 1. The van der Waals surface area contributed by atoms with Crippen molar-refractivity contribution >= 4 is 49.8 Å². The monoisotopic (exact) mass is 473 g/mol. The number of halogens is 3. The van der Waals surface area contributed by atoms with Gasteiger partial charge in [0.05, 0.1) is 34.6 Å². The first kappa shape index (κ1) is 18.0. The number of phenolic OH excluding ortho intramolecular Hbond substituents is 1. The number of anilines is 2. The Bertz CT molecular complexity index is 776. The van der Waals surface area contributed by atoms with Gasteiger partial charge in [-0.25, -0.2) is 14.8 Å². The van der Waals surface area contributed by atoms with E-state index in [1.54, 1.807) is 12.1 Å². The van der Waals surface area contributed by atoms with Crippen molar-refractivity contribution in [3.63, 3.8) is 0 Å². The Balaban J connectivity index is 1.73. The lowest BCUT2D eigenvalue weighted by Crippen LogP contribution is -2.37. The molecule has 0 bridgehead atoms. The van der Waals surface area contributed by atoms with Crippen LogP contribution in [0.4, 0.5) is 16.2 Å². The first-order chi connectivity index (χ1) is 12.0. The second-order valence-electron chi connectivity index (χ2n) is 5.17. The van der Waals surface area contributed by atoms with Crippen molar-refractivity contribution in [2.45, 2.75) is 0 Å². The fourth-order valence-electron chi connectivity index (χ4n) is 2.23. The van der Waals surface area contributed by atoms with Crippen LogP contribution in [0.15, 0.2) is 32.4 Å². The maximum Gasteiger partial charge on any atom is 0.245 e. The summed E-state index contributed by atoms with van der Waals surface area (Å²) in [5, 5.41) is 13.7. The van der Waals surface area contributed by atoms with Crippen LogP contribution >= 0.6 is 31.9 Å². The number of nitrogens with one attached hydrogen (secondary N) is 1. The van der Waals surface area contributed by atoms with Crippen LogP contribution in [0.2, 0.25) is 0 Å². The Morgan fingerprint density at radius 1 is 1.28 bits per heavy atom. The lowest BCUT2D eigenvalue weighted by Gasteiger charge is -2.27. The third kappa shape index (κ3) is 4.44. The van der Waals surface area contributed by atoms with Gasteiger partial charge in [-0.2, -0.15) is 10.1 Å². The number of hydrazone groups is 1. The standard InChI is InChI=1S/C15H14Br2FN5O2/c16-10-5-9(6-11(17)13(10)24)7-20-22-15-19-8-12(18)14(21-15)23-1-3-25-4-2-23/h5-8,24H,1-4H2,(H,19,21,22)/b20-7-. The summed E-state index contributed by atoms with van der Waals surface area (Å²) in [6.45, 7) is 2.22. The molecule has 2 aromatic rings. The Morgan fingerprint density at radius 3 is 2.64 bits per heavy atom. The van der Waals surface area contributed by atoms with E-state index in [4.69, 9.17) is 4.74 Å². The Hall–Kier alpha value is -1.78. The molecule has 0 aliphatic carbocycles. The van der Waals surface area contributed by atoms with Crippen molar-refractivity contribution in [3.8, 4) is 5.75 Å². The number of rotatable bonds is 4. The first-order valence-electron chi connectivity index (χ1n) is 7.37. The quantitative estimate of drug-likeness (QED) is 0.523. The smallest absolute Gasteiger partial charge is 0.245 e. The van der Waals surface area contributed by atoms with E-state index in [2.05, 4.69) is 52.4 Å². The zero-order valence-electron chi connectivity index (χ0n) is 12.9. The van der Waals surface area contributed by atoms with Gasteiger partial charge in [-0.3, -0.25) is 0 Å². The minimum absolute atomic E-state index is 0.113. The minimum Gasteiger partial charge on any atom is -0.506 e. The van der Waals surface area contributed by atoms with Crippen LogP contribution in [0.25, 0.3) is 0 Å². The van der Waals surface area contributed by atoms with Gasteiger partial charge < -0.3 is 14.7 Å². The molecule has 2 heterocycles. The fraction of sp³-hybridized carbons (Fsp3) is 0.267. The molecule has 25 heavy (non-hydrogen) atoms. The minimum atomic E-state index is -0.483. The topological polar surface area (TPSA) is 82.9 Å². The number of hydrogen-bond acceptors (Lipinski definition) is 7. The van der Waals surface area contributed by atoms with E-state index in [9.17, 15) is 9.50 Å². The molecule has 1 aliphatic heterocycles. The van der Waals surface area contributed by atoms with E-state index < -0.39 is 5.82 Å². The first-order valence-corrected chi connectivity index (χ1v) is 8.95. The summed E-state index contributed by atoms with van der Waals surface area (Å²) >= 11 is 6.50. The van der Waals surface area contributed by atoms with Crippen molar-refractivity contribution in [1.82, 2.24) is 9.97 Å². The van der Waals surface area contributed by atoms with Gasteiger partial charge in [0.2, 0.25) is 5.95 Å². The second kappa shape index (κ2) is 8.07. The van der Waals surface area contributed by atoms with Gasteiger partial charge in [0.15, 0.2) is 11.6 Å². The van der Waals surface area contributed by atoms with E-state index >= 15 is 0 Å². The summed E-state index contributed by atoms with van der Waals surface area (Å²) < 4.78 is 20.3. The van der Waals surface area contributed by atoms with Gasteiger partial charge in [-0.05, 0) is 49.6 Å². The highest BCUT2D eigenvalue weighted by Gasteiger charge is 2.17. The highest BCUT2D eigenvalue weighted by Crippen LogP contribution is 2.32. The number of hydrogen-bond donors (Lipinski definition) is 2. The van der Waals surface area contributed by atoms with E-state index in [1.807, 2.05) is 4.90 Å². The summed E-state index contributed by atoms with van der Waals surface area (Å²) in [5.41, 5.74) is 3.42. The molecule has 3 rings (SSSR count). The predicted molar refractivity (Wildman–Crippen MR) is 99.7 cm³/mol. The molecular formula is C15H14Br2FN5O2. The van der Waals surface area contributed by atoms with Crippen molar-refractivity contribution in [1.29, 1.82) is 0 Å². The molecule has 0 unspecified atom stereocenters. The van der Waals surface area contributed by atoms with E-state index in [1.165, 1.54) is 6.21 Å². The van der Waals surface area contributed by atoms with Crippen LogP contribution in [0, 0.1) is 5.82 Å². The van der Waals surface area contributed by atoms with Crippen molar-refractivity contribution < 1.29 is 14.2 Å². The number of nitrogens with zero attached hydrogens (tertiary/aromatic N) is 4. The summed E-state index contributed by atoms with van der Waals surface area (Å²) in [6, 6.07) is 3.41. The zero-order chi connectivity index (χ0) is 17.8. The number of ether oxygens (including phenoxy) is 1. The third-order valence-corrected chi connectivity index (χ3v) is 4.66. The summed E-state index contributed by atoms with van der Waals surface area (Å²) in [7, 11) is 0. The molecular weight excluding hydrogens is 461 g/mol. The summed E-state index contributed by atoms with van der Waals surface area (Å²) in [4.78, 5) is 9.87. The number of morpholine rings is 1. The SMILES string of the molecule is Oc1c(Br)cc(/C=N\Nc2ncc(F)c(N3CCOCC3)n2)cc1Br. The molecule has 0 saturated carbocycles. The summed E-state index contributed by atoms with van der Waals surface area (Å²) in [5.74, 6) is 0.0483. The van der Waals surface area contributed by atoms with Gasteiger partial charge in [-0.15, -0.1) is 0 Å². The molecule has 1 aromatic heterocycles. The molecule has 7 nitrogen and oxygen atoms in total. The molecule has 10 heteroatoms. The van der Waals surface area contributed by atoms with E-state index in [0.717, 1.165) is 11.8 Å². The highest BCUT2D eigenvalue weighted by molar-refractivity contribution is 9.11. The summed E-state index contributed by atoms with van der Waals surface area (Å²) in [6.07, 6.45) is 2.65. The maximum atomic E-state index is 14.0. The van der Waals surface area contributed by atoms with E-state index in [-0.39, 0.29) is 17.5 Å². The zero-order valence-corrected chi connectivity index (χ0v) is 16.1. The lowest BCUT2D eigenvalue weighted by molar-refractivity contribution is 0.122. The second-order valence-corrected chi connectivity index (χ2v) is 6.88. The number of aromatic hydroxyl groups is 1. The van der Waals surface area contributed by atoms with Gasteiger partial charge in [-0.1, -0.05) is 0 Å². The Kier molecular flexibility index (Phi) is 5.82. The molecule has 0 amide bonds. The average molecular weight is 475 g/mol. The average Bonchev–Trinajstić information content (AvgIpc) is 2.62. The van der Waals surface area contributed by atoms with Crippen molar-refractivity contribution in [2.24, 2.45) is 5.10 Å². The van der Waals surface area contributed by atoms with Crippen LogP contribution in [0.3, 0.4) is 0 Å². The molecule has 1 fully saturated rings. The fourth-order valence-corrected chi connectivity index (χ4v) is 3.45. The largest absolute Gasteiger partial charge is 0.506 e. The molecule has 1 aliphatic rings. The molecule has 0 spiro atoms. The Labute approximate surface area is 160 Å². The van der Waals surface area contributed by atoms with Crippen LogP contribution in [0.5, 0.6) is 5.75 Å². The van der Waals surface area contributed by atoms with E-state index in [0.29, 0.717) is 35.2 Å². The van der Waals surface area contributed by atoms with Crippen LogP contribution in [-0.2, 0) is 4.74 Å². The molecule has 1 aromatic carbocycles. The Morgan fingerprint density at radius 2 is 1.96 bits per heavy atom. The lowest BCUT2D eigenvalue weighted by atomic mass is 10.2. The van der Waals surface area contributed by atoms with Gasteiger partial charge >= 0.3 is 0 Å². The number of aromatic nitrogens is 2. The normalized spacial score (nSPS) is 14.9. The molecule has 2 N–H and O–H groups in total. The molecule has 0 radical (unpaired) electrons. The molecule has 132 valence electrons. The highest BCUT2D eigenvalue weighted by atomic mass is 79.9. The number of benzene rings is 1. The third-order valence-electron chi connectivity index (χ3n) is 3.45. The van der Waals surface area contributed by atoms with Crippen molar-refractivity contribution in [2.75, 3.05) is 36.6 Å².